The number of alkyl halides is 3. The highest BCUT2D eigenvalue weighted by molar-refractivity contribution is 5.72. The van der Waals surface area contributed by atoms with Crippen molar-refractivity contribution in [3.05, 3.63) is 0 Å². The smallest absolute Gasteiger partial charge is 0.407 e. The Morgan fingerprint density at radius 1 is 1.43 bits per heavy atom. The fourth-order valence-corrected chi connectivity index (χ4v) is 1.88. The van der Waals surface area contributed by atoms with Crippen molar-refractivity contribution in [1.82, 2.24) is 0 Å². The molecule has 0 aromatic heterocycles. The zero-order chi connectivity index (χ0) is 11.0. The molecule has 1 aliphatic rings. The van der Waals surface area contributed by atoms with Gasteiger partial charge in [0, 0.05) is 0 Å². The Bertz CT molecular complexity index is 241. The van der Waals surface area contributed by atoms with Gasteiger partial charge in [-0.05, 0) is 12.8 Å². The summed E-state index contributed by atoms with van der Waals surface area (Å²) in [5, 5.41) is 8.66. The van der Waals surface area contributed by atoms with Gasteiger partial charge in [-0.25, -0.2) is 0 Å². The maximum Gasteiger partial charge on any atom is 0.407 e. The number of nitrogens with two attached hydrogens (primary N) is 1. The molecule has 0 aliphatic heterocycles. The lowest BCUT2D eigenvalue weighted by Gasteiger charge is -2.39. The van der Waals surface area contributed by atoms with Crippen LogP contribution in [0.4, 0.5) is 13.2 Å². The second kappa shape index (κ2) is 3.42. The Kier molecular flexibility index (Phi) is 2.76. The molecule has 82 valence electrons. The lowest BCUT2D eigenvalue weighted by molar-refractivity contribution is -0.214. The largest absolute Gasteiger partial charge is 0.481 e. The minimum absolute atomic E-state index is 0.00530. The highest BCUT2D eigenvalue weighted by atomic mass is 19.4. The molecule has 0 unspecified atom stereocenters. The van der Waals surface area contributed by atoms with Crippen LogP contribution in [-0.4, -0.2) is 22.8 Å². The monoisotopic (exact) mass is 211 g/mol. The normalized spacial score (nSPS) is 34.1. The Morgan fingerprint density at radius 2 is 2.00 bits per heavy atom. The second-order valence-corrected chi connectivity index (χ2v) is 3.67. The first kappa shape index (κ1) is 11.3. The van der Waals surface area contributed by atoms with Gasteiger partial charge in [0.05, 0.1) is 5.92 Å². The van der Waals surface area contributed by atoms with E-state index in [1.165, 1.54) is 0 Å². The fourth-order valence-electron chi connectivity index (χ4n) is 1.88. The van der Waals surface area contributed by atoms with Gasteiger partial charge in [0.25, 0.3) is 0 Å². The molecular formula is C8H12F3NO2. The molecule has 0 heterocycles. The summed E-state index contributed by atoms with van der Waals surface area (Å²) < 4.78 is 37.6. The van der Waals surface area contributed by atoms with Gasteiger partial charge in [0.2, 0.25) is 0 Å². The van der Waals surface area contributed by atoms with Gasteiger partial charge in [-0.1, -0.05) is 12.8 Å². The predicted molar refractivity (Wildman–Crippen MR) is 42.6 cm³/mol. The standard InChI is InChI=1S/C8H12F3NO2/c9-8(10,11)7(12)4-2-1-3-5(7)6(13)14/h5H,1-4,12H2,(H,13,14)/t5-,7+/m1/s1. The number of hydrogen-bond acceptors (Lipinski definition) is 2. The van der Waals surface area contributed by atoms with Crippen molar-refractivity contribution in [3.63, 3.8) is 0 Å². The Labute approximate surface area is 79.1 Å². The maximum atomic E-state index is 12.5. The number of aliphatic carboxylic acids is 1. The van der Waals surface area contributed by atoms with E-state index in [2.05, 4.69) is 0 Å². The van der Waals surface area contributed by atoms with E-state index in [9.17, 15) is 18.0 Å². The first-order valence-corrected chi connectivity index (χ1v) is 4.37. The molecule has 0 amide bonds. The average Bonchev–Trinajstić information content (AvgIpc) is 2.02. The number of halogens is 3. The molecule has 0 spiro atoms. The summed E-state index contributed by atoms with van der Waals surface area (Å²) in [6, 6.07) is 0. The summed E-state index contributed by atoms with van der Waals surface area (Å²) in [7, 11) is 0. The summed E-state index contributed by atoms with van der Waals surface area (Å²) in [6.07, 6.45) is -4.11. The molecule has 2 atom stereocenters. The molecule has 1 rings (SSSR count). The van der Waals surface area contributed by atoms with Crippen LogP contribution < -0.4 is 5.73 Å². The Morgan fingerprint density at radius 3 is 2.36 bits per heavy atom. The Balaban J connectivity index is 2.97. The molecule has 3 nitrogen and oxygen atoms in total. The Hall–Kier alpha value is -0.780. The van der Waals surface area contributed by atoms with E-state index in [-0.39, 0.29) is 12.8 Å². The van der Waals surface area contributed by atoms with Crippen LogP contribution in [0, 0.1) is 5.92 Å². The third kappa shape index (κ3) is 1.70. The van der Waals surface area contributed by atoms with E-state index >= 15 is 0 Å². The predicted octanol–water partition coefficient (Wildman–Crippen LogP) is 1.52. The molecule has 0 radical (unpaired) electrons. The van der Waals surface area contributed by atoms with E-state index in [1.807, 2.05) is 0 Å². The molecule has 1 fully saturated rings. The number of carboxylic acids is 1. The van der Waals surface area contributed by atoms with Crippen molar-refractivity contribution in [2.45, 2.75) is 37.4 Å². The van der Waals surface area contributed by atoms with Gasteiger partial charge in [-0.15, -0.1) is 0 Å². The minimum atomic E-state index is -4.64. The summed E-state index contributed by atoms with van der Waals surface area (Å²) in [6.45, 7) is 0. The number of hydrogen-bond donors (Lipinski definition) is 2. The van der Waals surface area contributed by atoms with Crippen LogP contribution in [0.3, 0.4) is 0 Å². The molecule has 14 heavy (non-hydrogen) atoms. The van der Waals surface area contributed by atoms with Gasteiger partial charge in [0.1, 0.15) is 5.54 Å². The van der Waals surface area contributed by atoms with Crippen LogP contribution >= 0.6 is 0 Å². The molecule has 1 saturated carbocycles. The van der Waals surface area contributed by atoms with Gasteiger partial charge in [-0.2, -0.15) is 13.2 Å². The maximum absolute atomic E-state index is 12.5. The van der Waals surface area contributed by atoms with E-state index in [0.29, 0.717) is 12.8 Å². The van der Waals surface area contributed by atoms with Crippen molar-refractivity contribution in [2.75, 3.05) is 0 Å². The first-order chi connectivity index (χ1) is 6.29. The van der Waals surface area contributed by atoms with Crippen molar-refractivity contribution in [3.8, 4) is 0 Å². The summed E-state index contributed by atoms with van der Waals surface area (Å²) in [4.78, 5) is 10.6. The first-order valence-electron chi connectivity index (χ1n) is 4.37. The second-order valence-electron chi connectivity index (χ2n) is 3.67. The summed E-state index contributed by atoms with van der Waals surface area (Å²) in [5.74, 6) is -2.96. The molecule has 0 saturated heterocycles. The zero-order valence-electron chi connectivity index (χ0n) is 7.47. The molecule has 3 N–H and O–H groups in total. The topological polar surface area (TPSA) is 63.3 Å². The van der Waals surface area contributed by atoms with E-state index in [0.717, 1.165) is 0 Å². The summed E-state index contributed by atoms with van der Waals surface area (Å²) in [5.41, 5.74) is 2.63. The van der Waals surface area contributed by atoms with Crippen molar-refractivity contribution in [1.29, 1.82) is 0 Å². The van der Waals surface area contributed by atoms with Gasteiger partial charge in [-0.3, -0.25) is 4.79 Å². The van der Waals surface area contributed by atoms with Crippen LogP contribution in [0.25, 0.3) is 0 Å². The molecule has 6 heteroatoms. The molecule has 0 bridgehead atoms. The minimum Gasteiger partial charge on any atom is -0.481 e. The van der Waals surface area contributed by atoms with Crippen molar-refractivity contribution < 1.29 is 23.1 Å². The van der Waals surface area contributed by atoms with Crippen molar-refractivity contribution >= 4 is 5.97 Å². The number of carbonyl (C=O) groups is 1. The third-order valence-electron chi connectivity index (χ3n) is 2.78. The molecule has 1 aliphatic carbocycles. The lowest BCUT2D eigenvalue weighted by Crippen LogP contribution is -2.62. The van der Waals surface area contributed by atoms with E-state index in [4.69, 9.17) is 10.8 Å². The quantitative estimate of drug-likeness (QED) is 0.691. The van der Waals surface area contributed by atoms with Gasteiger partial charge >= 0.3 is 12.1 Å². The fraction of sp³-hybridized carbons (Fsp3) is 0.875. The molecule has 0 aromatic rings. The number of carboxylic acid groups (broad SMARTS) is 1. The third-order valence-corrected chi connectivity index (χ3v) is 2.78. The van der Waals surface area contributed by atoms with E-state index in [1.54, 1.807) is 0 Å². The number of rotatable bonds is 1. The highest BCUT2D eigenvalue weighted by Gasteiger charge is 2.59. The average molecular weight is 211 g/mol. The van der Waals surface area contributed by atoms with Crippen LogP contribution in [0.1, 0.15) is 25.7 Å². The summed E-state index contributed by atoms with van der Waals surface area (Å²) >= 11 is 0. The van der Waals surface area contributed by atoms with Crippen molar-refractivity contribution in [2.24, 2.45) is 11.7 Å². The molecular weight excluding hydrogens is 199 g/mol. The highest BCUT2D eigenvalue weighted by Crippen LogP contribution is 2.43. The SMILES string of the molecule is N[C@@]1(C(F)(F)F)CCCC[C@@H]1C(=O)O. The van der Waals surface area contributed by atoms with Crippen LogP contribution in [0.2, 0.25) is 0 Å². The van der Waals surface area contributed by atoms with Gasteiger partial charge in [0.15, 0.2) is 0 Å². The van der Waals surface area contributed by atoms with Gasteiger partial charge < -0.3 is 10.8 Å². The molecule has 0 aromatic carbocycles. The van der Waals surface area contributed by atoms with Crippen LogP contribution in [-0.2, 0) is 4.79 Å². The van der Waals surface area contributed by atoms with E-state index < -0.39 is 23.6 Å². The van der Waals surface area contributed by atoms with Crippen LogP contribution in [0.15, 0.2) is 0 Å². The lowest BCUT2D eigenvalue weighted by atomic mass is 9.73. The van der Waals surface area contributed by atoms with Crippen LogP contribution in [0.5, 0.6) is 0 Å². The zero-order valence-corrected chi connectivity index (χ0v) is 7.47.